The van der Waals surface area contributed by atoms with Gasteiger partial charge in [-0.1, -0.05) is 25.6 Å². The molecule has 0 bridgehead atoms. The fourth-order valence-corrected chi connectivity index (χ4v) is 2.71. The third-order valence-electron chi connectivity index (χ3n) is 3.50. The standard InChI is InChI=1S/C14H17F2N3OS/c1-4-9(5-2)19-12-8(7-17-14(18-12)21-3)6-10(11(15)16)13(19)20/h6-7,9,11H,4-5H2,1-3H3. The number of hydrogen-bond donors (Lipinski definition) is 0. The third kappa shape index (κ3) is 2.92. The van der Waals surface area contributed by atoms with Gasteiger partial charge in [0.25, 0.3) is 12.0 Å². The van der Waals surface area contributed by atoms with Crippen molar-refractivity contribution in [2.24, 2.45) is 0 Å². The summed E-state index contributed by atoms with van der Waals surface area (Å²) >= 11 is 1.35. The highest BCUT2D eigenvalue weighted by atomic mass is 32.2. The number of alkyl halides is 2. The van der Waals surface area contributed by atoms with E-state index in [4.69, 9.17) is 0 Å². The number of aromatic nitrogens is 3. The van der Waals surface area contributed by atoms with E-state index in [9.17, 15) is 13.6 Å². The molecule has 0 unspecified atom stereocenters. The minimum atomic E-state index is -2.80. The van der Waals surface area contributed by atoms with Crippen molar-refractivity contribution in [3.8, 4) is 0 Å². The molecule has 0 aliphatic carbocycles. The molecule has 0 atom stereocenters. The Bertz CT molecular complexity index is 698. The van der Waals surface area contributed by atoms with Crippen molar-refractivity contribution < 1.29 is 8.78 Å². The molecule has 0 N–H and O–H groups in total. The van der Waals surface area contributed by atoms with E-state index in [2.05, 4.69) is 9.97 Å². The second-order valence-corrected chi connectivity index (χ2v) is 5.45. The molecule has 0 spiro atoms. The van der Waals surface area contributed by atoms with Crippen LogP contribution in [0.25, 0.3) is 11.0 Å². The first-order valence-corrected chi connectivity index (χ1v) is 8.00. The zero-order valence-corrected chi connectivity index (χ0v) is 13.0. The molecule has 0 aliphatic heterocycles. The van der Waals surface area contributed by atoms with Gasteiger partial charge in [-0.2, -0.15) is 0 Å². The summed E-state index contributed by atoms with van der Waals surface area (Å²) < 4.78 is 27.6. The molecule has 0 aliphatic rings. The number of rotatable bonds is 5. The summed E-state index contributed by atoms with van der Waals surface area (Å²) in [5.74, 6) is 0. The number of fused-ring (bicyclic) bond motifs is 1. The first-order valence-electron chi connectivity index (χ1n) is 6.77. The molecule has 2 rings (SSSR count). The van der Waals surface area contributed by atoms with Crippen molar-refractivity contribution in [1.82, 2.24) is 14.5 Å². The normalized spacial score (nSPS) is 11.8. The lowest BCUT2D eigenvalue weighted by molar-refractivity contribution is 0.149. The number of halogens is 2. The Morgan fingerprint density at radius 3 is 2.52 bits per heavy atom. The van der Waals surface area contributed by atoms with Crippen LogP contribution < -0.4 is 5.56 Å². The first-order chi connectivity index (χ1) is 10.0. The largest absolute Gasteiger partial charge is 0.289 e. The summed E-state index contributed by atoms with van der Waals surface area (Å²) in [6.45, 7) is 3.86. The third-order valence-corrected chi connectivity index (χ3v) is 4.07. The van der Waals surface area contributed by atoms with Crippen molar-refractivity contribution in [1.29, 1.82) is 0 Å². The molecule has 7 heteroatoms. The molecule has 2 aromatic heterocycles. The Morgan fingerprint density at radius 1 is 1.33 bits per heavy atom. The summed E-state index contributed by atoms with van der Waals surface area (Å²) in [7, 11) is 0. The molecular formula is C14H17F2N3OS. The summed E-state index contributed by atoms with van der Waals surface area (Å²) in [5, 5.41) is 0.987. The molecule has 2 aromatic rings. The van der Waals surface area contributed by atoms with Crippen molar-refractivity contribution in [2.75, 3.05) is 6.26 Å². The van der Waals surface area contributed by atoms with Crippen LogP contribution in [-0.2, 0) is 0 Å². The van der Waals surface area contributed by atoms with E-state index >= 15 is 0 Å². The Balaban J connectivity index is 2.86. The van der Waals surface area contributed by atoms with Gasteiger partial charge in [-0.05, 0) is 25.2 Å². The SMILES string of the molecule is CCC(CC)n1c(=O)c(C(F)F)cc2cnc(SC)nc21. The molecule has 21 heavy (non-hydrogen) atoms. The number of nitrogens with zero attached hydrogens (tertiary/aromatic N) is 3. The Hall–Kier alpha value is -1.50. The summed E-state index contributed by atoms with van der Waals surface area (Å²) in [6.07, 6.45) is 1.88. The minimum Gasteiger partial charge on any atom is -0.289 e. The van der Waals surface area contributed by atoms with Crippen LogP contribution in [0.3, 0.4) is 0 Å². The van der Waals surface area contributed by atoms with Crippen LogP contribution in [0.2, 0.25) is 0 Å². The van der Waals surface area contributed by atoms with Gasteiger partial charge in [0, 0.05) is 17.6 Å². The quantitative estimate of drug-likeness (QED) is 0.622. The molecule has 0 fully saturated rings. The first kappa shape index (κ1) is 15.9. The number of hydrogen-bond acceptors (Lipinski definition) is 4. The average Bonchev–Trinajstić information content (AvgIpc) is 2.49. The van der Waals surface area contributed by atoms with Crippen molar-refractivity contribution in [3.05, 3.63) is 28.2 Å². The van der Waals surface area contributed by atoms with E-state index in [0.717, 1.165) is 0 Å². The van der Waals surface area contributed by atoms with Crippen LogP contribution >= 0.6 is 11.8 Å². The zero-order chi connectivity index (χ0) is 15.6. The lowest BCUT2D eigenvalue weighted by Crippen LogP contribution is -2.28. The lowest BCUT2D eigenvalue weighted by atomic mass is 10.1. The zero-order valence-electron chi connectivity index (χ0n) is 12.1. The maximum Gasteiger partial charge on any atom is 0.269 e. The van der Waals surface area contributed by atoms with Gasteiger partial charge in [0.2, 0.25) is 0 Å². The van der Waals surface area contributed by atoms with Crippen LogP contribution in [0.5, 0.6) is 0 Å². The summed E-state index contributed by atoms with van der Waals surface area (Å²) in [5.41, 5.74) is -0.718. The van der Waals surface area contributed by atoms with Crippen LogP contribution in [0.4, 0.5) is 8.78 Å². The van der Waals surface area contributed by atoms with Gasteiger partial charge in [0.1, 0.15) is 5.65 Å². The highest BCUT2D eigenvalue weighted by Gasteiger charge is 2.21. The summed E-state index contributed by atoms with van der Waals surface area (Å²) in [6, 6.07) is 1.05. The second kappa shape index (κ2) is 6.51. The van der Waals surface area contributed by atoms with Crippen LogP contribution in [-0.4, -0.2) is 20.8 Å². The molecule has 0 radical (unpaired) electrons. The number of thioether (sulfide) groups is 1. The van der Waals surface area contributed by atoms with E-state index in [0.29, 0.717) is 29.0 Å². The van der Waals surface area contributed by atoms with E-state index in [1.807, 2.05) is 20.1 Å². The Kier molecular flexibility index (Phi) is 4.92. The van der Waals surface area contributed by atoms with Crippen LogP contribution in [0, 0.1) is 0 Å². The molecule has 2 heterocycles. The van der Waals surface area contributed by atoms with Gasteiger partial charge in [-0.25, -0.2) is 18.7 Å². The van der Waals surface area contributed by atoms with Crippen molar-refractivity contribution >= 4 is 22.8 Å². The smallest absolute Gasteiger partial charge is 0.269 e. The fourth-order valence-electron chi connectivity index (χ4n) is 2.37. The van der Waals surface area contributed by atoms with Gasteiger partial charge >= 0.3 is 0 Å². The predicted octanol–water partition coefficient (Wildman–Crippen LogP) is 3.81. The maximum absolute atomic E-state index is 13.1. The highest BCUT2D eigenvalue weighted by Crippen LogP contribution is 2.25. The van der Waals surface area contributed by atoms with E-state index in [-0.39, 0.29) is 6.04 Å². The molecular weight excluding hydrogens is 296 g/mol. The summed E-state index contributed by atoms with van der Waals surface area (Å²) in [4.78, 5) is 20.8. The maximum atomic E-state index is 13.1. The van der Waals surface area contributed by atoms with Crippen LogP contribution in [0.1, 0.15) is 44.7 Å². The predicted molar refractivity (Wildman–Crippen MR) is 80.2 cm³/mol. The second-order valence-electron chi connectivity index (χ2n) is 4.68. The topological polar surface area (TPSA) is 47.8 Å². The molecule has 4 nitrogen and oxygen atoms in total. The van der Waals surface area contributed by atoms with Crippen molar-refractivity contribution in [3.63, 3.8) is 0 Å². The lowest BCUT2D eigenvalue weighted by Gasteiger charge is -2.19. The molecule has 0 saturated heterocycles. The minimum absolute atomic E-state index is 0.150. The molecule has 0 saturated carbocycles. The average molecular weight is 313 g/mol. The molecule has 114 valence electrons. The van der Waals surface area contributed by atoms with Gasteiger partial charge < -0.3 is 0 Å². The van der Waals surface area contributed by atoms with E-state index in [1.54, 1.807) is 0 Å². The van der Waals surface area contributed by atoms with Crippen molar-refractivity contribution in [2.45, 2.75) is 44.3 Å². The van der Waals surface area contributed by atoms with E-state index in [1.165, 1.54) is 28.6 Å². The van der Waals surface area contributed by atoms with Crippen LogP contribution in [0.15, 0.2) is 22.2 Å². The Morgan fingerprint density at radius 2 is 2.00 bits per heavy atom. The van der Waals surface area contributed by atoms with Gasteiger partial charge in [0.05, 0.1) is 5.56 Å². The van der Waals surface area contributed by atoms with E-state index < -0.39 is 17.5 Å². The number of pyridine rings is 1. The molecule has 0 aromatic carbocycles. The molecule has 0 amide bonds. The fraction of sp³-hybridized carbons (Fsp3) is 0.500. The van der Waals surface area contributed by atoms with Gasteiger partial charge in [-0.3, -0.25) is 9.36 Å². The monoisotopic (exact) mass is 313 g/mol. The Labute approximate surface area is 125 Å². The van der Waals surface area contributed by atoms with Gasteiger partial charge in [0.15, 0.2) is 5.16 Å². The van der Waals surface area contributed by atoms with Gasteiger partial charge in [-0.15, -0.1) is 0 Å². The highest BCUT2D eigenvalue weighted by molar-refractivity contribution is 7.98.